The van der Waals surface area contributed by atoms with E-state index in [1.807, 2.05) is 22.7 Å². The molecule has 1 aliphatic carbocycles. The Morgan fingerprint density at radius 3 is 2.89 bits per heavy atom. The maximum atomic E-state index is 4.87. The summed E-state index contributed by atoms with van der Waals surface area (Å²) in [6.45, 7) is 5.27. The van der Waals surface area contributed by atoms with E-state index < -0.39 is 0 Å². The summed E-state index contributed by atoms with van der Waals surface area (Å²) in [6.07, 6.45) is 3.67. The van der Waals surface area contributed by atoms with E-state index >= 15 is 0 Å². The monoisotopic (exact) mass is 356 g/mol. The van der Waals surface area contributed by atoms with E-state index in [0.29, 0.717) is 0 Å². The Kier molecular flexibility index (Phi) is 4.08. The van der Waals surface area contributed by atoms with Crippen LogP contribution >= 0.6 is 38.6 Å². The quantitative estimate of drug-likeness (QED) is 0.874. The number of nitrogens with zero attached hydrogens (tertiary/aromatic N) is 1. The van der Waals surface area contributed by atoms with Gasteiger partial charge in [0.1, 0.15) is 5.01 Å². The molecule has 0 aromatic carbocycles. The van der Waals surface area contributed by atoms with Gasteiger partial charge in [-0.05, 0) is 54.7 Å². The third-order valence-corrected chi connectivity index (χ3v) is 6.85. The number of fused-ring (bicyclic) bond motifs is 1. The molecule has 0 amide bonds. The number of nitrogens with one attached hydrogen (secondary N) is 1. The van der Waals surface area contributed by atoms with Crippen LogP contribution in [0.4, 0.5) is 0 Å². The first kappa shape index (κ1) is 13.7. The van der Waals surface area contributed by atoms with E-state index in [0.717, 1.165) is 13.0 Å². The first-order valence-electron chi connectivity index (χ1n) is 6.66. The molecular weight excluding hydrogens is 340 g/mol. The minimum Gasteiger partial charge on any atom is -0.304 e. The number of thiazole rings is 1. The van der Waals surface area contributed by atoms with Crippen molar-refractivity contribution in [3.8, 4) is 0 Å². The summed E-state index contributed by atoms with van der Waals surface area (Å²) in [5, 5.41) is 4.82. The number of hydrogen-bond acceptors (Lipinski definition) is 4. The Morgan fingerprint density at radius 2 is 2.26 bits per heavy atom. The molecule has 1 N–H and O–H groups in total. The van der Waals surface area contributed by atoms with Crippen molar-refractivity contribution in [2.75, 3.05) is 6.54 Å². The van der Waals surface area contributed by atoms with Crippen molar-refractivity contribution in [2.45, 2.75) is 39.2 Å². The highest BCUT2D eigenvalue weighted by Gasteiger charge is 2.24. The van der Waals surface area contributed by atoms with Crippen molar-refractivity contribution < 1.29 is 0 Å². The number of rotatable bonds is 4. The van der Waals surface area contributed by atoms with E-state index in [4.69, 9.17) is 4.98 Å². The molecule has 0 fully saturated rings. The van der Waals surface area contributed by atoms with E-state index in [2.05, 4.69) is 41.2 Å². The van der Waals surface area contributed by atoms with E-state index in [1.165, 1.54) is 42.6 Å². The summed E-state index contributed by atoms with van der Waals surface area (Å²) in [5.74, 6) is 0. The SMILES string of the molecule is CCNC(c1cc(Br)c(C)s1)c1nc2c(s1)CCC2. The minimum absolute atomic E-state index is 0.260. The van der Waals surface area contributed by atoms with Crippen LogP contribution in [0.5, 0.6) is 0 Å². The third-order valence-electron chi connectivity index (χ3n) is 3.43. The van der Waals surface area contributed by atoms with Crippen LogP contribution in [-0.2, 0) is 12.8 Å². The van der Waals surface area contributed by atoms with Gasteiger partial charge in [-0.25, -0.2) is 4.98 Å². The fourth-order valence-corrected chi connectivity index (χ4v) is 5.43. The number of thiophene rings is 1. The summed E-state index contributed by atoms with van der Waals surface area (Å²) in [6, 6.07) is 2.50. The van der Waals surface area contributed by atoms with Gasteiger partial charge in [0.15, 0.2) is 0 Å². The number of halogens is 1. The van der Waals surface area contributed by atoms with Crippen LogP contribution in [0.2, 0.25) is 0 Å². The van der Waals surface area contributed by atoms with Crippen LogP contribution < -0.4 is 5.32 Å². The number of aryl methyl sites for hydroxylation is 3. The third kappa shape index (κ3) is 2.66. The lowest BCUT2D eigenvalue weighted by molar-refractivity contribution is 0.633. The molecule has 19 heavy (non-hydrogen) atoms. The summed E-state index contributed by atoms with van der Waals surface area (Å²) in [4.78, 5) is 9.07. The van der Waals surface area contributed by atoms with Gasteiger partial charge in [-0.3, -0.25) is 0 Å². The molecule has 3 rings (SSSR count). The zero-order chi connectivity index (χ0) is 13.4. The molecule has 2 heterocycles. The van der Waals surface area contributed by atoms with Crippen molar-refractivity contribution in [3.63, 3.8) is 0 Å². The van der Waals surface area contributed by atoms with Crippen LogP contribution in [-0.4, -0.2) is 11.5 Å². The fourth-order valence-electron chi connectivity index (χ4n) is 2.47. The van der Waals surface area contributed by atoms with Gasteiger partial charge < -0.3 is 5.32 Å². The summed E-state index contributed by atoms with van der Waals surface area (Å²) in [7, 11) is 0. The van der Waals surface area contributed by atoms with Crippen molar-refractivity contribution in [1.82, 2.24) is 10.3 Å². The maximum absolute atomic E-state index is 4.87. The van der Waals surface area contributed by atoms with Gasteiger partial charge in [-0.2, -0.15) is 0 Å². The summed E-state index contributed by atoms with van der Waals surface area (Å²) in [5.41, 5.74) is 1.34. The molecule has 2 aromatic rings. The molecule has 2 aromatic heterocycles. The Morgan fingerprint density at radius 1 is 1.42 bits per heavy atom. The molecule has 0 spiro atoms. The van der Waals surface area contributed by atoms with Crippen LogP contribution in [0.1, 0.15) is 44.7 Å². The van der Waals surface area contributed by atoms with Crippen molar-refractivity contribution in [3.05, 3.63) is 35.9 Å². The molecule has 0 radical (unpaired) electrons. The second-order valence-corrected chi connectivity index (χ2v) is 8.08. The Labute approximate surface area is 130 Å². The molecule has 0 bridgehead atoms. The van der Waals surface area contributed by atoms with Crippen molar-refractivity contribution in [2.24, 2.45) is 0 Å². The van der Waals surface area contributed by atoms with E-state index in [9.17, 15) is 0 Å². The second-order valence-electron chi connectivity index (χ2n) is 4.82. The molecule has 2 nitrogen and oxygen atoms in total. The van der Waals surface area contributed by atoms with Gasteiger partial charge in [0.25, 0.3) is 0 Å². The average molecular weight is 357 g/mol. The Bertz CT molecular complexity index is 547. The lowest BCUT2D eigenvalue weighted by Gasteiger charge is -2.13. The Balaban J connectivity index is 1.95. The normalized spacial score (nSPS) is 15.7. The number of aromatic nitrogens is 1. The largest absolute Gasteiger partial charge is 0.304 e. The smallest absolute Gasteiger partial charge is 0.115 e. The van der Waals surface area contributed by atoms with Crippen molar-refractivity contribution >= 4 is 38.6 Å². The maximum Gasteiger partial charge on any atom is 0.115 e. The topological polar surface area (TPSA) is 24.9 Å². The molecule has 5 heteroatoms. The summed E-state index contributed by atoms with van der Waals surface area (Å²) >= 11 is 7.37. The standard InChI is InChI=1S/C14H17BrN2S2/c1-3-16-13(12-7-9(15)8(2)18-12)14-17-10-5-4-6-11(10)19-14/h7,13,16H,3-6H2,1-2H3. The molecule has 102 valence electrons. The van der Waals surface area contributed by atoms with Gasteiger partial charge in [0.05, 0.1) is 11.7 Å². The lowest BCUT2D eigenvalue weighted by Crippen LogP contribution is -2.21. The number of hydrogen-bond donors (Lipinski definition) is 1. The van der Waals surface area contributed by atoms with Crippen LogP contribution in [0.3, 0.4) is 0 Å². The summed E-state index contributed by atoms with van der Waals surface area (Å²) < 4.78 is 1.21. The highest BCUT2D eigenvalue weighted by molar-refractivity contribution is 9.10. The zero-order valence-electron chi connectivity index (χ0n) is 11.1. The van der Waals surface area contributed by atoms with Crippen LogP contribution in [0, 0.1) is 6.92 Å². The molecule has 0 aliphatic heterocycles. The van der Waals surface area contributed by atoms with Gasteiger partial charge in [0.2, 0.25) is 0 Å². The van der Waals surface area contributed by atoms with E-state index in [1.54, 1.807) is 0 Å². The molecule has 0 saturated heterocycles. The zero-order valence-corrected chi connectivity index (χ0v) is 14.3. The highest BCUT2D eigenvalue weighted by atomic mass is 79.9. The predicted molar refractivity (Wildman–Crippen MR) is 86.4 cm³/mol. The highest BCUT2D eigenvalue weighted by Crippen LogP contribution is 2.37. The second kappa shape index (κ2) is 5.64. The van der Waals surface area contributed by atoms with Crippen LogP contribution in [0.15, 0.2) is 10.5 Å². The van der Waals surface area contributed by atoms with Gasteiger partial charge >= 0.3 is 0 Å². The van der Waals surface area contributed by atoms with Crippen molar-refractivity contribution in [1.29, 1.82) is 0 Å². The predicted octanol–water partition coefficient (Wildman–Crippen LogP) is 4.46. The van der Waals surface area contributed by atoms with Gasteiger partial charge in [-0.15, -0.1) is 22.7 Å². The molecule has 1 unspecified atom stereocenters. The fraction of sp³-hybridized carbons (Fsp3) is 0.500. The average Bonchev–Trinajstić information content (AvgIpc) is 3.02. The van der Waals surface area contributed by atoms with Gasteiger partial charge in [0, 0.05) is 19.1 Å². The first-order valence-corrected chi connectivity index (χ1v) is 9.09. The molecular formula is C14H17BrN2S2. The molecule has 0 saturated carbocycles. The minimum atomic E-state index is 0.260. The molecule has 1 atom stereocenters. The molecule has 1 aliphatic rings. The van der Waals surface area contributed by atoms with E-state index in [-0.39, 0.29) is 6.04 Å². The van der Waals surface area contributed by atoms with Gasteiger partial charge in [-0.1, -0.05) is 6.92 Å². The van der Waals surface area contributed by atoms with Crippen LogP contribution in [0.25, 0.3) is 0 Å². The first-order chi connectivity index (χ1) is 9.19. The Hall–Kier alpha value is -0.230. The lowest BCUT2D eigenvalue weighted by atomic mass is 10.2.